The van der Waals surface area contributed by atoms with Crippen LogP contribution in [-0.4, -0.2) is 60.7 Å². The Morgan fingerprint density at radius 2 is 1.71 bits per heavy atom. The largest absolute Gasteiger partial charge is 0.352 e. The number of carbonyl (C=O) groups excluding carboxylic acids is 3. The van der Waals surface area contributed by atoms with Gasteiger partial charge in [-0.3, -0.25) is 14.4 Å². The summed E-state index contributed by atoms with van der Waals surface area (Å²) >= 11 is 0. The highest BCUT2D eigenvalue weighted by Gasteiger charge is 2.22. The van der Waals surface area contributed by atoms with Crippen molar-refractivity contribution in [2.24, 2.45) is 0 Å². The maximum atomic E-state index is 13.6. The molecule has 1 heterocycles. The highest BCUT2D eigenvalue weighted by Crippen LogP contribution is 2.11. The van der Waals surface area contributed by atoms with E-state index in [4.69, 9.17) is 0 Å². The van der Waals surface area contributed by atoms with Crippen LogP contribution in [0.1, 0.15) is 26.3 Å². The van der Waals surface area contributed by atoms with E-state index in [2.05, 4.69) is 5.32 Å². The molecule has 1 N–H and O–H groups in total. The summed E-state index contributed by atoms with van der Waals surface area (Å²) in [5.41, 5.74) is 1.36. The minimum atomic E-state index is -0.309. The standard InChI is InChI=1S/C21H22FN3O3/c22-19-7-2-1-4-16(19)8-9-23-20(27)17-5-3-6-18(14-17)21(28)25-12-10-24(15-26)11-13-25/h1-7,14-15H,8-13H2,(H,23,27). The van der Waals surface area contributed by atoms with Gasteiger partial charge in [-0.05, 0) is 36.2 Å². The summed E-state index contributed by atoms with van der Waals surface area (Å²) in [6, 6.07) is 13.0. The minimum Gasteiger partial charge on any atom is -0.352 e. The third kappa shape index (κ3) is 4.73. The van der Waals surface area contributed by atoms with Crippen LogP contribution in [0.25, 0.3) is 0 Å². The molecule has 2 aromatic rings. The summed E-state index contributed by atoms with van der Waals surface area (Å²) in [6.07, 6.45) is 1.17. The van der Waals surface area contributed by atoms with Gasteiger partial charge in [-0.1, -0.05) is 24.3 Å². The van der Waals surface area contributed by atoms with Crippen molar-refractivity contribution in [2.45, 2.75) is 6.42 Å². The highest BCUT2D eigenvalue weighted by atomic mass is 19.1. The first-order valence-electron chi connectivity index (χ1n) is 9.19. The van der Waals surface area contributed by atoms with Crippen LogP contribution in [-0.2, 0) is 11.2 Å². The maximum absolute atomic E-state index is 13.6. The summed E-state index contributed by atoms with van der Waals surface area (Å²) in [7, 11) is 0. The van der Waals surface area contributed by atoms with Crippen LogP contribution in [0.5, 0.6) is 0 Å². The normalized spacial score (nSPS) is 13.9. The third-order valence-corrected chi connectivity index (χ3v) is 4.76. The number of benzene rings is 2. The van der Waals surface area contributed by atoms with Gasteiger partial charge in [0.25, 0.3) is 11.8 Å². The number of hydrogen-bond acceptors (Lipinski definition) is 3. The molecule has 0 spiro atoms. The van der Waals surface area contributed by atoms with Crippen molar-refractivity contribution in [3.05, 3.63) is 71.0 Å². The zero-order valence-electron chi connectivity index (χ0n) is 15.4. The fourth-order valence-electron chi connectivity index (χ4n) is 3.12. The molecule has 0 unspecified atom stereocenters. The maximum Gasteiger partial charge on any atom is 0.253 e. The second-order valence-corrected chi connectivity index (χ2v) is 6.61. The number of piperazine rings is 1. The van der Waals surface area contributed by atoms with Crippen LogP contribution in [0.15, 0.2) is 48.5 Å². The lowest BCUT2D eigenvalue weighted by atomic mass is 10.1. The van der Waals surface area contributed by atoms with Gasteiger partial charge in [-0.2, -0.15) is 0 Å². The fraction of sp³-hybridized carbons (Fsp3) is 0.286. The molecule has 0 atom stereocenters. The van der Waals surface area contributed by atoms with E-state index in [1.165, 1.54) is 6.07 Å². The second kappa shape index (κ2) is 9.12. The number of hydrogen-bond donors (Lipinski definition) is 1. The van der Waals surface area contributed by atoms with Crippen LogP contribution < -0.4 is 5.32 Å². The molecule has 1 saturated heterocycles. The van der Waals surface area contributed by atoms with Crippen molar-refractivity contribution >= 4 is 18.2 Å². The Bertz CT molecular complexity index is 863. The first-order valence-corrected chi connectivity index (χ1v) is 9.19. The van der Waals surface area contributed by atoms with Crippen molar-refractivity contribution in [3.8, 4) is 0 Å². The topological polar surface area (TPSA) is 69.7 Å². The van der Waals surface area contributed by atoms with E-state index in [1.807, 2.05) is 0 Å². The lowest BCUT2D eigenvalue weighted by Gasteiger charge is -2.32. The molecule has 0 bridgehead atoms. The molecule has 0 radical (unpaired) electrons. The van der Waals surface area contributed by atoms with Crippen molar-refractivity contribution < 1.29 is 18.8 Å². The van der Waals surface area contributed by atoms with E-state index in [1.54, 1.807) is 52.3 Å². The van der Waals surface area contributed by atoms with E-state index < -0.39 is 0 Å². The summed E-state index contributed by atoms with van der Waals surface area (Å²) in [5.74, 6) is -0.762. The molecule has 6 nitrogen and oxygen atoms in total. The average Bonchev–Trinajstić information content (AvgIpc) is 2.74. The van der Waals surface area contributed by atoms with Crippen LogP contribution in [0.3, 0.4) is 0 Å². The zero-order chi connectivity index (χ0) is 19.9. The van der Waals surface area contributed by atoms with Gasteiger partial charge in [0, 0.05) is 43.9 Å². The predicted octanol–water partition coefficient (Wildman–Crippen LogP) is 1.71. The summed E-state index contributed by atoms with van der Waals surface area (Å²) < 4.78 is 13.6. The number of halogens is 1. The zero-order valence-corrected chi connectivity index (χ0v) is 15.4. The molecule has 1 aliphatic heterocycles. The summed E-state index contributed by atoms with van der Waals surface area (Å²) in [4.78, 5) is 39.1. The number of carbonyl (C=O) groups is 3. The lowest BCUT2D eigenvalue weighted by Crippen LogP contribution is -2.48. The Kier molecular flexibility index (Phi) is 6.37. The molecule has 7 heteroatoms. The summed E-state index contributed by atoms with van der Waals surface area (Å²) in [6.45, 7) is 2.25. The van der Waals surface area contributed by atoms with Gasteiger partial charge in [0.15, 0.2) is 0 Å². The van der Waals surface area contributed by atoms with E-state index in [0.29, 0.717) is 55.8 Å². The Morgan fingerprint density at radius 3 is 2.43 bits per heavy atom. The molecule has 28 heavy (non-hydrogen) atoms. The first kappa shape index (κ1) is 19.5. The minimum absolute atomic E-state index is 0.161. The van der Waals surface area contributed by atoms with Gasteiger partial charge in [-0.25, -0.2) is 4.39 Å². The molecule has 146 valence electrons. The predicted molar refractivity (Wildman–Crippen MR) is 102 cm³/mol. The molecular weight excluding hydrogens is 361 g/mol. The molecule has 1 fully saturated rings. The van der Waals surface area contributed by atoms with Gasteiger partial charge in [0.1, 0.15) is 5.82 Å². The van der Waals surface area contributed by atoms with E-state index in [0.717, 1.165) is 6.41 Å². The van der Waals surface area contributed by atoms with E-state index in [9.17, 15) is 18.8 Å². The summed E-state index contributed by atoms with van der Waals surface area (Å²) in [5, 5.41) is 2.76. The number of nitrogens with zero attached hydrogens (tertiary/aromatic N) is 2. The van der Waals surface area contributed by atoms with Gasteiger partial charge in [0.05, 0.1) is 0 Å². The second-order valence-electron chi connectivity index (χ2n) is 6.61. The lowest BCUT2D eigenvalue weighted by molar-refractivity contribution is -0.119. The highest BCUT2D eigenvalue weighted by molar-refractivity contribution is 5.99. The van der Waals surface area contributed by atoms with E-state index >= 15 is 0 Å². The fourth-order valence-corrected chi connectivity index (χ4v) is 3.12. The van der Waals surface area contributed by atoms with Gasteiger partial charge >= 0.3 is 0 Å². The van der Waals surface area contributed by atoms with Crippen LogP contribution in [0, 0.1) is 5.82 Å². The first-order chi connectivity index (χ1) is 13.6. The molecule has 3 amide bonds. The Hall–Kier alpha value is -3.22. The molecular formula is C21H22FN3O3. The number of amides is 3. The van der Waals surface area contributed by atoms with Crippen LogP contribution in [0.2, 0.25) is 0 Å². The molecule has 0 aliphatic carbocycles. The van der Waals surface area contributed by atoms with E-state index in [-0.39, 0.29) is 17.6 Å². The smallest absolute Gasteiger partial charge is 0.253 e. The molecule has 1 aliphatic rings. The molecule has 0 saturated carbocycles. The molecule has 2 aromatic carbocycles. The SMILES string of the molecule is O=CN1CCN(C(=O)c2cccc(C(=O)NCCc3ccccc3F)c2)CC1. The monoisotopic (exact) mass is 383 g/mol. The van der Waals surface area contributed by atoms with Crippen molar-refractivity contribution in [1.82, 2.24) is 15.1 Å². The third-order valence-electron chi connectivity index (χ3n) is 4.76. The molecule has 3 rings (SSSR count). The van der Waals surface area contributed by atoms with Crippen molar-refractivity contribution in [1.29, 1.82) is 0 Å². The van der Waals surface area contributed by atoms with Gasteiger partial charge in [-0.15, -0.1) is 0 Å². The van der Waals surface area contributed by atoms with Crippen LogP contribution in [0.4, 0.5) is 4.39 Å². The number of nitrogens with one attached hydrogen (secondary N) is 1. The van der Waals surface area contributed by atoms with Gasteiger partial charge in [0.2, 0.25) is 6.41 Å². The Morgan fingerprint density at radius 1 is 1.00 bits per heavy atom. The Balaban J connectivity index is 1.58. The van der Waals surface area contributed by atoms with Crippen molar-refractivity contribution in [3.63, 3.8) is 0 Å². The average molecular weight is 383 g/mol. The number of rotatable bonds is 6. The quantitative estimate of drug-likeness (QED) is 0.772. The Labute approximate surface area is 162 Å². The van der Waals surface area contributed by atoms with Crippen LogP contribution >= 0.6 is 0 Å². The molecule has 0 aromatic heterocycles. The van der Waals surface area contributed by atoms with Gasteiger partial charge < -0.3 is 15.1 Å². The van der Waals surface area contributed by atoms with Crippen molar-refractivity contribution in [2.75, 3.05) is 32.7 Å².